The molecule has 5 heterocycles. The highest BCUT2D eigenvalue weighted by molar-refractivity contribution is 5.90. The van der Waals surface area contributed by atoms with Crippen LogP contribution in [-0.4, -0.2) is 125 Å². The summed E-state index contributed by atoms with van der Waals surface area (Å²) >= 11 is 0. The number of amides is 2. The van der Waals surface area contributed by atoms with Gasteiger partial charge in [0.15, 0.2) is 12.0 Å². The van der Waals surface area contributed by atoms with Gasteiger partial charge in [-0.25, -0.2) is 18.7 Å². The number of rotatable bonds is 8. The number of ether oxygens (including phenoxy) is 2. The number of carbonyl (C=O) groups excluding carboxylic acids is 2. The number of carbonyl (C=O) groups is 2. The summed E-state index contributed by atoms with van der Waals surface area (Å²) in [5, 5.41) is 13.0. The summed E-state index contributed by atoms with van der Waals surface area (Å²) in [7, 11) is 1.60. The van der Waals surface area contributed by atoms with Crippen molar-refractivity contribution in [1.29, 1.82) is 5.26 Å². The fraction of sp³-hybridized carbons (Fsp3) is 0.486. The topological polar surface area (TPSA) is 140 Å². The van der Waals surface area contributed by atoms with Gasteiger partial charge in [0.2, 0.25) is 17.8 Å². The Morgan fingerprint density at radius 2 is 1.90 bits per heavy atom. The second-order valence-corrected chi connectivity index (χ2v) is 13.1. The van der Waals surface area contributed by atoms with E-state index in [-0.39, 0.29) is 47.3 Å². The van der Waals surface area contributed by atoms with Crippen LogP contribution < -0.4 is 15.0 Å². The monoisotopic (exact) mass is 687 g/mol. The zero-order valence-electron chi connectivity index (χ0n) is 27.8. The van der Waals surface area contributed by atoms with Crippen LogP contribution in [-0.2, 0) is 14.3 Å². The highest BCUT2D eigenvalue weighted by Gasteiger charge is 2.39. The van der Waals surface area contributed by atoms with E-state index in [4.69, 9.17) is 9.47 Å². The van der Waals surface area contributed by atoms with Crippen molar-refractivity contribution in [1.82, 2.24) is 29.7 Å². The summed E-state index contributed by atoms with van der Waals surface area (Å²) in [4.78, 5) is 45.3. The molecular formula is C35H39F2N9O4. The van der Waals surface area contributed by atoms with Crippen LogP contribution in [0.5, 0.6) is 5.75 Å². The van der Waals surface area contributed by atoms with Gasteiger partial charge >= 0.3 is 0 Å². The molecule has 4 aliphatic heterocycles. The molecule has 50 heavy (non-hydrogen) atoms. The number of piperazine rings is 1. The predicted octanol–water partition coefficient (Wildman–Crippen LogP) is 3.14. The van der Waals surface area contributed by atoms with Gasteiger partial charge in [-0.15, -0.1) is 0 Å². The first-order chi connectivity index (χ1) is 24.3. The molecule has 4 fully saturated rings. The molecule has 0 spiro atoms. The molecule has 2 aromatic carbocycles. The van der Waals surface area contributed by atoms with E-state index >= 15 is 8.78 Å². The Balaban J connectivity index is 0.983. The lowest BCUT2D eigenvalue weighted by atomic mass is 10.1. The number of nitrogens with one attached hydrogen (secondary N) is 1. The first-order valence-electron chi connectivity index (χ1n) is 17.0. The summed E-state index contributed by atoms with van der Waals surface area (Å²) in [5.74, 6) is 0.00498. The Bertz CT molecular complexity index is 1780. The number of hydrogen-bond acceptors (Lipinski definition) is 11. The Hall–Kier alpha value is -4.94. The molecule has 13 nitrogen and oxygen atoms in total. The number of alkyl halides is 1. The smallest absolute Gasteiger partial charge is 0.245 e. The van der Waals surface area contributed by atoms with Crippen molar-refractivity contribution in [3.05, 3.63) is 54.1 Å². The molecule has 1 aromatic heterocycles. The van der Waals surface area contributed by atoms with E-state index in [0.717, 1.165) is 39.4 Å². The van der Waals surface area contributed by atoms with Crippen molar-refractivity contribution in [3.63, 3.8) is 0 Å². The second-order valence-electron chi connectivity index (χ2n) is 13.1. The van der Waals surface area contributed by atoms with Crippen molar-refractivity contribution in [3.8, 4) is 23.2 Å². The molecule has 0 saturated carbocycles. The van der Waals surface area contributed by atoms with Crippen LogP contribution in [0.3, 0.4) is 0 Å². The first-order valence-corrected chi connectivity index (χ1v) is 17.0. The lowest BCUT2D eigenvalue weighted by Crippen LogP contribution is -2.56. The molecule has 1 N–H and O–H groups in total. The van der Waals surface area contributed by atoms with Gasteiger partial charge in [-0.3, -0.25) is 14.5 Å². The number of benzene rings is 2. The van der Waals surface area contributed by atoms with Crippen LogP contribution in [0.15, 0.2) is 42.7 Å². The van der Waals surface area contributed by atoms with E-state index < -0.39 is 18.3 Å². The zero-order chi connectivity index (χ0) is 34.8. The molecule has 2 amide bonds. The van der Waals surface area contributed by atoms with Crippen molar-refractivity contribution < 1.29 is 27.8 Å². The predicted molar refractivity (Wildman–Crippen MR) is 179 cm³/mol. The van der Waals surface area contributed by atoms with Gasteiger partial charge in [0.25, 0.3) is 0 Å². The third kappa shape index (κ3) is 7.03. The van der Waals surface area contributed by atoms with Gasteiger partial charge in [-0.1, -0.05) is 0 Å². The fourth-order valence-corrected chi connectivity index (χ4v) is 6.97. The molecule has 3 aromatic rings. The van der Waals surface area contributed by atoms with Crippen molar-refractivity contribution in [2.45, 2.75) is 50.0 Å². The van der Waals surface area contributed by atoms with Crippen LogP contribution in [0, 0.1) is 17.1 Å². The van der Waals surface area contributed by atoms with Crippen molar-refractivity contribution in [2.24, 2.45) is 0 Å². The van der Waals surface area contributed by atoms with Crippen LogP contribution in [0.4, 0.5) is 26.1 Å². The van der Waals surface area contributed by atoms with E-state index in [9.17, 15) is 14.9 Å². The molecule has 4 aliphatic rings. The first kappa shape index (κ1) is 33.6. The summed E-state index contributed by atoms with van der Waals surface area (Å²) in [6.45, 7) is 4.95. The Kier molecular flexibility index (Phi) is 9.73. The molecule has 0 aliphatic carbocycles. The van der Waals surface area contributed by atoms with Gasteiger partial charge in [0.05, 0.1) is 37.1 Å². The van der Waals surface area contributed by atoms with Gasteiger partial charge in [-0.05, 0) is 55.7 Å². The van der Waals surface area contributed by atoms with E-state index in [1.807, 2.05) is 0 Å². The van der Waals surface area contributed by atoms with Gasteiger partial charge in [0.1, 0.15) is 36.1 Å². The molecule has 7 rings (SSSR count). The summed E-state index contributed by atoms with van der Waals surface area (Å²) < 4.78 is 42.1. The number of anilines is 3. The molecule has 0 unspecified atom stereocenters. The summed E-state index contributed by atoms with van der Waals surface area (Å²) in [5.41, 5.74) is 1.71. The Morgan fingerprint density at radius 1 is 1.08 bits per heavy atom. The van der Waals surface area contributed by atoms with E-state index in [0.29, 0.717) is 55.2 Å². The number of likely N-dealkylation sites (N-methyl/N-ethyl adjacent to an activating group) is 1. The molecular weight excluding hydrogens is 648 g/mol. The van der Waals surface area contributed by atoms with Crippen LogP contribution in [0.2, 0.25) is 0 Å². The molecule has 262 valence electrons. The lowest BCUT2D eigenvalue weighted by molar-refractivity contribution is -0.140. The molecule has 3 atom stereocenters. The molecule has 0 radical (unpaired) electrons. The maximum atomic E-state index is 15.5. The van der Waals surface area contributed by atoms with E-state index in [1.54, 1.807) is 37.4 Å². The molecule has 15 heteroatoms. The Morgan fingerprint density at radius 3 is 2.60 bits per heavy atom. The largest absolute Gasteiger partial charge is 0.486 e. The zero-order valence-corrected chi connectivity index (χ0v) is 27.8. The van der Waals surface area contributed by atoms with Crippen molar-refractivity contribution in [2.75, 3.05) is 69.7 Å². The average Bonchev–Trinajstić information content (AvgIpc) is 3.32. The third-order valence-corrected chi connectivity index (χ3v) is 10.0. The second kappa shape index (κ2) is 14.5. The number of likely N-dealkylation sites (tertiary alicyclic amines) is 2. The van der Waals surface area contributed by atoms with Gasteiger partial charge in [-0.2, -0.15) is 10.2 Å². The van der Waals surface area contributed by atoms with Crippen molar-refractivity contribution >= 4 is 29.1 Å². The quantitative estimate of drug-likeness (QED) is 0.374. The minimum atomic E-state index is -1.48. The van der Waals surface area contributed by atoms with Crippen LogP contribution in [0.25, 0.3) is 11.4 Å². The highest BCUT2D eigenvalue weighted by atomic mass is 19.1. The number of nitrogens with zero attached hydrogens (tertiary/aromatic N) is 8. The summed E-state index contributed by atoms with van der Waals surface area (Å²) in [6, 6.07) is 11.8. The molecule has 4 saturated heterocycles. The number of aromatic nitrogens is 3. The third-order valence-electron chi connectivity index (χ3n) is 10.0. The van der Waals surface area contributed by atoms with Crippen LogP contribution >= 0.6 is 0 Å². The van der Waals surface area contributed by atoms with E-state index in [2.05, 4.69) is 36.1 Å². The summed E-state index contributed by atoms with van der Waals surface area (Å²) in [6.07, 6.45) is 0.591. The number of nitriles is 1. The SMILES string of the molecule is CN1C(=O)CC[C@H]1C(=O)N1CCC[C@H](Oc2ccc(-c3ncnc(Nc4ccc(N5CCN(C6COC6)CC5)c(F)c4)n3)cc2C#N)[C@H](F)C1. The lowest BCUT2D eigenvalue weighted by Gasteiger charge is -2.43. The van der Waals surface area contributed by atoms with Crippen LogP contribution in [0.1, 0.15) is 31.2 Å². The number of hydrogen-bond donors (Lipinski definition) is 1. The maximum absolute atomic E-state index is 15.5. The number of halogens is 2. The van der Waals surface area contributed by atoms with Gasteiger partial charge in [0, 0.05) is 57.4 Å². The normalized spacial score (nSPS) is 23.3. The maximum Gasteiger partial charge on any atom is 0.245 e. The van der Waals surface area contributed by atoms with Gasteiger partial charge < -0.3 is 29.5 Å². The fourth-order valence-electron chi connectivity index (χ4n) is 6.97. The van der Waals surface area contributed by atoms with E-state index in [1.165, 1.54) is 22.2 Å². The average molecular weight is 688 g/mol. The Labute approximate surface area is 288 Å². The minimum absolute atomic E-state index is 0.0887. The standard InChI is InChI=1S/C35H39F2N9O4/c1-43-29(7-9-32(43)47)34(48)46-10-2-3-31(27(37)18-46)50-30-8-4-22(15-23(30)17-38)33-39-21-40-35(42-33)41-24-5-6-28(26(36)16-24)45-13-11-44(12-14-45)25-19-49-20-25/h4-6,8,15-16,21,25,27,29,31H,2-3,7,9-14,18-20H2,1H3,(H,39,40,41,42)/t27-,29+,31+/m1/s1. The minimum Gasteiger partial charge on any atom is -0.486 e. The molecule has 0 bridgehead atoms. The highest BCUT2D eigenvalue weighted by Crippen LogP contribution is 2.30.